The maximum absolute atomic E-state index is 5.87. The van der Waals surface area contributed by atoms with Crippen LogP contribution in [0.5, 0.6) is 6.01 Å². The number of benzene rings is 1. The molecule has 0 saturated carbocycles. The normalized spacial score (nSPS) is 10.5. The van der Waals surface area contributed by atoms with E-state index in [2.05, 4.69) is 40.1 Å². The molecular weight excluding hydrogens is 282 g/mol. The lowest BCUT2D eigenvalue weighted by Crippen LogP contribution is -2.00. The first-order valence-electron chi connectivity index (χ1n) is 5.88. The van der Waals surface area contributed by atoms with Crippen LogP contribution in [0.2, 0.25) is 5.28 Å². The van der Waals surface area contributed by atoms with E-state index < -0.39 is 0 Å². The van der Waals surface area contributed by atoms with Crippen LogP contribution in [0.15, 0.2) is 28.3 Å². The molecule has 0 aliphatic rings. The van der Waals surface area contributed by atoms with Crippen LogP contribution in [-0.4, -0.2) is 21.6 Å². The molecule has 0 fully saturated rings. The Bertz CT molecular complexity index is 592. The fraction of sp³-hybridized carbons (Fsp3) is 0.308. The van der Waals surface area contributed by atoms with Crippen molar-refractivity contribution in [2.24, 2.45) is 0 Å². The average Bonchev–Trinajstić information content (AvgIpc) is 2.33. The summed E-state index contributed by atoms with van der Waals surface area (Å²) in [5.41, 5.74) is 2.36. The van der Waals surface area contributed by atoms with Gasteiger partial charge in [-0.2, -0.15) is 15.0 Å². The smallest absolute Gasteiger partial charge is 0.321 e. The van der Waals surface area contributed by atoms with Crippen molar-refractivity contribution >= 4 is 23.4 Å². The van der Waals surface area contributed by atoms with Crippen molar-refractivity contribution in [1.29, 1.82) is 0 Å². The van der Waals surface area contributed by atoms with E-state index >= 15 is 0 Å². The monoisotopic (exact) mass is 295 g/mol. The number of rotatable bonds is 4. The summed E-state index contributed by atoms with van der Waals surface area (Å²) >= 11 is 7.32. The summed E-state index contributed by atoms with van der Waals surface area (Å²) in [6.45, 7) is 6.46. The molecule has 0 unspecified atom stereocenters. The Kier molecular flexibility index (Phi) is 4.61. The second kappa shape index (κ2) is 6.21. The van der Waals surface area contributed by atoms with Gasteiger partial charge in [0.1, 0.15) is 0 Å². The van der Waals surface area contributed by atoms with Gasteiger partial charge in [-0.15, -0.1) is 0 Å². The maximum atomic E-state index is 5.87. The van der Waals surface area contributed by atoms with E-state index in [1.165, 1.54) is 22.9 Å². The lowest BCUT2D eigenvalue weighted by Gasteiger charge is -2.07. The van der Waals surface area contributed by atoms with Crippen LogP contribution in [0.3, 0.4) is 0 Å². The maximum Gasteiger partial charge on any atom is 0.321 e. The summed E-state index contributed by atoms with van der Waals surface area (Å²) < 4.78 is 5.26. The van der Waals surface area contributed by atoms with Gasteiger partial charge in [-0.25, -0.2) is 0 Å². The number of hydrogen-bond acceptors (Lipinski definition) is 5. The molecule has 2 aromatic rings. The van der Waals surface area contributed by atoms with Crippen molar-refractivity contribution in [2.45, 2.75) is 30.8 Å². The minimum atomic E-state index is 0.145. The van der Waals surface area contributed by atoms with Gasteiger partial charge in [-0.1, -0.05) is 12.1 Å². The second-order valence-corrected chi connectivity index (χ2v) is 5.32. The molecule has 0 amide bonds. The summed E-state index contributed by atoms with van der Waals surface area (Å²) in [5.74, 6) is 0. The Morgan fingerprint density at radius 3 is 2.74 bits per heavy atom. The molecule has 1 heterocycles. The van der Waals surface area contributed by atoms with Gasteiger partial charge in [-0.05, 0) is 61.3 Å². The zero-order chi connectivity index (χ0) is 13.8. The molecule has 0 spiro atoms. The molecule has 6 heteroatoms. The number of hydrogen-bond donors (Lipinski definition) is 0. The quantitative estimate of drug-likeness (QED) is 0.861. The molecule has 0 aliphatic heterocycles. The Morgan fingerprint density at radius 2 is 2.00 bits per heavy atom. The fourth-order valence-electron chi connectivity index (χ4n) is 1.47. The lowest BCUT2D eigenvalue weighted by atomic mass is 10.2. The second-order valence-electron chi connectivity index (χ2n) is 3.97. The zero-order valence-electron chi connectivity index (χ0n) is 11.0. The Morgan fingerprint density at radius 1 is 1.21 bits per heavy atom. The topological polar surface area (TPSA) is 47.9 Å². The average molecular weight is 296 g/mol. The van der Waals surface area contributed by atoms with Gasteiger partial charge in [0.25, 0.3) is 0 Å². The van der Waals surface area contributed by atoms with E-state index in [0.29, 0.717) is 11.8 Å². The number of nitrogens with zero attached hydrogens (tertiary/aromatic N) is 3. The van der Waals surface area contributed by atoms with E-state index in [1.54, 1.807) is 0 Å². The van der Waals surface area contributed by atoms with E-state index in [4.69, 9.17) is 16.3 Å². The summed E-state index contributed by atoms with van der Waals surface area (Å²) in [5, 5.41) is 0.684. The highest BCUT2D eigenvalue weighted by Gasteiger charge is 2.09. The number of ether oxygens (including phenoxy) is 1. The first-order valence-corrected chi connectivity index (χ1v) is 7.07. The van der Waals surface area contributed by atoms with E-state index in [-0.39, 0.29) is 11.3 Å². The molecule has 0 N–H and O–H groups in total. The zero-order valence-corrected chi connectivity index (χ0v) is 12.5. The first-order chi connectivity index (χ1) is 9.08. The Hall–Kier alpha value is -1.33. The highest BCUT2D eigenvalue weighted by Crippen LogP contribution is 2.29. The molecule has 2 rings (SSSR count). The molecule has 0 atom stereocenters. The molecule has 4 nitrogen and oxygen atoms in total. The first kappa shape index (κ1) is 14.1. The Labute approximate surface area is 121 Å². The van der Waals surface area contributed by atoms with Gasteiger partial charge in [0.15, 0.2) is 5.16 Å². The summed E-state index contributed by atoms with van der Waals surface area (Å²) in [7, 11) is 0. The number of aryl methyl sites for hydroxylation is 2. The molecule has 0 radical (unpaired) electrons. The van der Waals surface area contributed by atoms with Gasteiger partial charge in [0.05, 0.1) is 6.61 Å². The molecule has 100 valence electrons. The van der Waals surface area contributed by atoms with E-state index in [0.717, 1.165) is 4.90 Å². The predicted octanol–water partition coefficient (Wildman–Crippen LogP) is 3.69. The SMILES string of the molecule is CCOc1nc(Cl)nc(Sc2cc(C)ccc2C)n1. The van der Waals surface area contributed by atoms with Gasteiger partial charge >= 0.3 is 6.01 Å². The Balaban J connectivity index is 2.29. The number of halogens is 1. The van der Waals surface area contributed by atoms with Crippen LogP contribution in [0, 0.1) is 13.8 Å². The van der Waals surface area contributed by atoms with Crippen molar-refractivity contribution < 1.29 is 4.74 Å². The van der Waals surface area contributed by atoms with Gasteiger partial charge in [0, 0.05) is 4.90 Å². The molecule has 0 bridgehead atoms. The predicted molar refractivity (Wildman–Crippen MR) is 76.0 cm³/mol. The van der Waals surface area contributed by atoms with E-state index in [9.17, 15) is 0 Å². The third kappa shape index (κ3) is 3.81. The molecule has 1 aromatic carbocycles. The molecule has 0 saturated heterocycles. The minimum absolute atomic E-state index is 0.145. The van der Waals surface area contributed by atoms with Crippen LogP contribution in [0.25, 0.3) is 0 Å². The van der Waals surface area contributed by atoms with Crippen LogP contribution in [-0.2, 0) is 0 Å². The molecule has 1 aromatic heterocycles. The van der Waals surface area contributed by atoms with Crippen LogP contribution >= 0.6 is 23.4 Å². The number of aromatic nitrogens is 3. The summed E-state index contributed by atoms with van der Waals surface area (Å²) in [6.07, 6.45) is 0. The summed E-state index contributed by atoms with van der Waals surface area (Å²) in [4.78, 5) is 13.3. The third-order valence-electron chi connectivity index (χ3n) is 2.39. The van der Waals surface area contributed by atoms with Crippen molar-refractivity contribution in [3.63, 3.8) is 0 Å². The van der Waals surface area contributed by atoms with Crippen LogP contribution < -0.4 is 4.74 Å². The molecule has 0 aliphatic carbocycles. The van der Waals surface area contributed by atoms with Crippen molar-refractivity contribution in [3.05, 3.63) is 34.6 Å². The highest BCUT2D eigenvalue weighted by atomic mass is 35.5. The summed E-state index contributed by atoms with van der Waals surface area (Å²) in [6, 6.07) is 6.50. The third-order valence-corrected chi connectivity index (χ3v) is 3.58. The van der Waals surface area contributed by atoms with Gasteiger partial charge in [0.2, 0.25) is 5.28 Å². The standard InChI is InChI=1S/C13H14ClN3OS/c1-4-18-12-15-11(14)16-13(17-12)19-10-7-8(2)5-6-9(10)3/h5-7H,4H2,1-3H3. The van der Waals surface area contributed by atoms with Crippen molar-refractivity contribution in [3.8, 4) is 6.01 Å². The largest absolute Gasteiger partial charge is 0.464 e. The highest BCUT2D eigenvalue weighted by molar-refractivity contribution is 7.99. The lowest BCUT2D eigenvalue weighted by molar-refractivity contribution is 0.307. The fourth-order valence-corrected chi connectivity index (χ4v) is 2.60. The van der Waals surface area contributed by atoms with Gasteiger partial charge in [-0.3, -0.25) is 0 Å². The van der Waals surface area contributed by atoms with Crippen molar-refractivity contribution in [2.75, 3.05) is 6.61 Å². The van der Waals surface area contributed by atoms with Crippen LogP contribution in [0.1, 0.15) is 18.1 Å². The molecule has 19 heavy (non-hydrogen) atoms. The van der Waals surface area contributed by atoms with E-state index in [1.807, 2.05) is 13.8 Å². The van der Waals surface area contributed by atoms with Gasteiger partial charge < -0.3 is 4.74 Å². The van der Waals surface area contributed by atoms with Crippen LogP contribution in [0.4, 0.5) is 0 Å². The van der Waals surface area contributed by atoms with Crippen molar-refractivity contribution in [1.82, 2.24) is 15.0 Å². The minimum Gasteiger partial charge on any atom is -0.464 e. The molecular formula is C13H14ClN3OS.